The molecule has 0 saturated carbocycles. The minimum atomic E-state index is -0.638. The lowest BCUT2D eigenvalue weighted by Crippen LogP contribution is -2.04. The van der Waals surface area contributed by atoms with Crippen molar-refractivity contribution in [1.29, 1.82) is 0 Å². The Labute approximate surface area is 174 Å². The molecule has 8 heteroatoms. The number of fused-ring (bicyclic) bond motifs is 1. The number of anilines is 2. The molecule has 0 saturated heterocycles. The maximum atomic E-state index is 14.8. The summed E-state index contributed by atoms with van der Waals surface area (Å²) in [6, 6.07) is 6.79. The number of hydrogen-bond acceptors (Lipinski definition) is 5. The predicted octanol–water partition coefficient (Wildman–Crippen LogP) is 5.61. The highest BCUT2D eigenvalue weighted by molar-refractivity contribution is 5.83. The molecular weight excluding hydrogens is 386 g/mol. The Bertz CT molecular complexity index is 1220. The number of nitrogens with one attached hydrogen (secondary N) is 1. The molecule has 30 heavy (non-hydrogen) atoms. The van der Waals surface area contributed by atoms with Crippen LogP contribution in [-0.4, -0.2) is 24.5 Å². The molecule has 6 nitrogen and oxygen atoms in total. The van der Waals surface area contributed by atoms with Crippen molar-refractivity contribution in [2.24, 2.45) is 0 Å². The number of nitrogens with zero attached hydrogens (tertiary/aromatic N) is 5. The Morgan fingerprint density at radius 3 is 2.53 bits per heavy atom. The highest BCUT2D eigenvalue weighted by atomic mass is 19.1. The molecule has 1 aromatic carbocycles. The van der Waals surface area contributed by atoms with E-state index in [1.165, 1.54) is 6.07 Å². The van der Waals surface area contributed by atoms with Crippen LogP contribution in [0.2, 0.25) is 0 Å². The van der Waals surface area contributed by atoms with Gasteiger partial charge in [0.25, 0.3) is 0 Å². The summed E-state index contributed by atoms with van der Waals surface area (Å²) >= 11 is 0. The Hall–Kier alpha value is -3.42. The first-order valence-corrected chi connectivity index (χ1v) is 9.80. The topological polar surface area (TPSA) is 68.5 Å². The summed E-state index contributed by atoms with van der Waals surface area (Å²) in [7, 11) is 0. The van der Waals surface area contributed by atoms with Crippen LogP contribution in [0.25, 0.3) is 22.3 Å². The van der Waals surface area contributed by atoms with E-state index in [2.05, 4.69) is 25.3 Å². The third kappa shape index (κ3) is 3.60. The molecule has 0 amide bonds. The third-order valence-corrected chi connectivity index (χ3v) is 4.93. The summed E-state index contributed by atoms with van der Waals surface area (Å²) in [4.78, 5) is 16.9. The molecule has 0 aliphatic heterocycles. The molecule has 4 aromatic rings. The zero-order chi connectivity index (χ0) is 21.4. The van der Waals surface area contributed by atoms with E-state index >= 15 is 0 Å². The zero-order valence-electron chi connectivity index (χ0n) is 17.2. The standard InChI is InChI=1S/C22H22F2N6.H2/c1-5-14-6-7-19(25-10-14)28-22-26-11-17(24)20(29-22)15-8-16(23)21-18(9-15)30(12(2)3)13(4)27-21;/h6-12H,5H2,1-4H3,(H,25,26,28,29);1H. The normalized spacial score (nSPS) is 11.4. The summed E-state index contributed by atoms with van der Waals surface area (Å²) < 4.78 is 31.3. The van der Waals surface area contributed by atoms with Crippen molar-refractivity contribution < 1.29 is 10.2 Å². The molecule has 0 fully saturated rings. The summed E-state index contributed by atoms with van der Waals surface area (Å²) in [6.45, 7) is 7.84. The van der Waals surface area contributed by atoms with Crippen LogP contribution < -0.4 is 5.32 Å². The molecule has 3 aromatic heterocycles. The van der Waals surface area contributed by atoms with E-state index < -0.39 is 11.6 Å². The van der Waals surface area contributed by atoms with Crippen molar-refractivity contribution in [2.45, 2.75) is 40.2 Å². The van der Waals surface area contributed by atoms with Crippen molar-refractivity contribution in [3.8, 4) is 11.3 Å². The smallest absolute Gasteiger partial charge is 0.229 e. The number of pyridine rings is 1. The van der Waals surface area contributed by atoms with Gasteiger partial charge in [-0.1, -0.05) is 13.0 Å². The van der Waals surface area contributed by atoms with E-state index in [4.69, 9.17) is 0 Å². The number of aromatic nitrogens is 5. The second-order valence-corrected chi connectivity index (χ2v) is 7.37. The fourth-order valence-corrected chi connectivity index (χ4v) is 3.51. The predicted molar refractivity (Wildman–Crippen MR) is 115 cm³/mol. The first kappa shape index (κ1) is 19.9. The fraction of sp³-hybridized carbons (Fsp3) is 0.273. The molecule has 0 spiro atoms. The van der Waals surface area contributed by atoms with Gasteiger partial charge in [0.1, 0.15) is 22.9 Å². The first-order chi connectivity index (χ1) is 14.4. The number of aryl methyl sites for hydroxylation is 2. The van der Waals surface area contributed by atoms with Gasteiger partial charge in [-0.2, -0.15) is 0 Å². The number of halogens is 2. The Kier molecular flexibility index (Phi) is 5.15. The second kappa shape index (κ2) is 7.78. The lowest BCUT2D eigenvalue weighted by atomic mass is 10.1. The largest absolute Gasteiger partial charge is 0.326 e. The van der Waals surface area contributed by atoms with Gasteiger partial charge < -0.3 is 9.88 Å². The molecule has 0 aliphatic rings. The highest BCUT2D eigenvalue weighted by Gasteiger charge is 2.18. The van der Waals surface area contributed by atoms with Crippen LogP contribution in [0, 0.1) is 18.6 Å². The molecule has 0 unspecified atom stereocenters. The molecule has 1 N–H and O–H groups in total. The van der Waals surface area contributed by atoms with Gasteiger partial charge in [0.15, 0.2) is 11.6 Å². The molecular formula is C22H24F2N6. The Balaban J connectivity index is 0.00000272. The molecule has 0 radical (unpaired) electrons. The van der Waals surface area contributed by atoms with Gasteiger partial charge in [0.2, 0.25) is 5.95 Å². The van der Waals surface area contributed by atoms with Crippen molar-refractivity contribution in [2.75, 3.05) is 5.32 Å². The first-order valence-electron chi connectivity index (χ1n) is 9.80. The van der Waals surface area contributed by atoms with Crippen molar-refractivity contribution in [1.82, 2.24) is 24.5 Å². The second-order valence-electron chi connectivity index (χ2n) is 7.37. The van der Waals surface area contributed by atoms with Gasteiger partial charge in [0, 0.05) is 19.2 Å². The fourth-order valence-electron chi connectivity index (χ4n) is 3.51. The van der Waals surface area contributed by atoms with Crippen LogP contribution in [0.5, 0.6) is 0 Å². The SMILES string of the molecule is CCc1ccc(Nc2ncc(F)c(-c3cc(F)c4nc(C)n(C(C)C)c4c3)n2)nc1.[HH]. The van der Waals surface area contributed by atoms with Crippen molar-refractivity contribution >= 4 is 22.8 Å². The van der Waals surface area contributed by atoms with E-state index in [9.17, 15) is 8.78 Å². The van der Waals surface area contributed by atoms with Crippen LogP contribution in [-0.2, 0) is 6.42 Å². The summed E-state index contributed by atoms with van der Waals surface area (Å²) in [5, 5.41) is 2.97. The number of rotatable bonds is 5. The van der Waals surface area contributed by atoms with Crippen molar-refractivity contribution in [3.63, 3.8) is 0 Å². The molecule has 0 aliphatic carbocycles. The van der Waals surface area contributed by atoms with Crippen molar-refractivity contribution in [3.05, 3.63) is 59.7 Å². The Morgan fingerprint density at radius 2 is 1.87 bits per heavy atom. The van der Waals surface area contributed by atoms with Crippen LogP contribution in [0.1, 0.15) is 39.6 Å². The summed E-state index contributed by atoms with van der Waals surface area (Å²) in [5.41, 5.74) is 2.29. The molecule has 0 bridgehead atoms. The third-order valence-electron chi connectivity index (χ3n) is 4.93. The minimum Gasteiger partial charge on any atom is -0.326 e. The quantitative estimate of drug-likeness (QED) is 0.463. The lowest BCUT2D eigenvalue weighted by Gasteiger charge is -2.12. The van der Waals surface area contributed by atoms with Gasteiger partial charge in [-0.25, -0.2) is 28.7 Å². The van der Waals surface area contributed by atoms with E-state index in [-0.39, 0.29) is 24.6 Å². The van der Waals surface area contributed by atoms with Gasteiger partial charge in [-0.15, -0.1) is 0 Å². The molecule has 0 atom stereocenters. The van der Waals surface area contributed by atoms with Crippen LogP contribution in [0.15, 0.2) is 36.7 Å². The monoisotopic (exact) mass is 410 g/mol. The van der Waals surface area contributed by atoms with E-state index in [0.717, 1.165) is 18.2 Å². The van der Waals surface area contributed by atoms with Crippen LogP contribution >= 0.6 is 0 Å². The van der Waals surface area contributed by atoms with Gasteiger partial charge in [-0.3, -0.25) is 0 Å². The van der Waals surface area contributed by atoms with E-state index in [1.54, 1.807) is 18.3 Å². The summed E-state index contributed by atoms with van der Waals surface area (Å²) in [6.07, 6.45) is 3.70. The van der Waals surface area contributed by atoms with Crippen LogP contribution in [0.3, 0.4) is 0 Å². The molecule has 4 rings (SSSR count). The van der Waals surface area contributed by atoms with Gasteiger partial charge in [-0.05, 0) is 51.0 Å². The minimum absolute atomic E-state index is 0. The number of benzene rings is 1. The number of imidazole rings is 1. The highest BCUT2D eigenvalue weighted by Crippen LogP contribution is 2.30. The average Bonchev–Trinajstić information content (AvgIpc) is 3.06. The summed E-state index contributed by atoms with van der Waals surface area (Å²) in [5.74, 6) is 0.260. The van der Waals surface area contributed by atoms with Gasteiger partial charge in [0.05, 0.1) is 11.7 Å². The number of hydrogen-bond donors (Lipinski definition) is 1. The molecule has 156 valence electrons. The maximum absolute atomic E-state index is 14.8. The Morgan fingerprint density at radius 1 is 1.07 bits per heavy atom. The van der Waals surface area contributed by atoms with Crippen LogP contribution in [0.4, 0.5) is 20.5 Å². The lowest BCUT2D eigenvalue weighted by molar-refractivity contribution is 0.600. The zero-order valence-corrected chi connectivity index (χ0v) is 17.2. The average molecular weight is 410 g/mol. The maximum Gasteiger partial charge on any atom is 0.229 e. The van der Waals surface area contributed by atoms with Gasteiger partial charge >= 0.3 is 0 Å². The van der Waals surface area contributed by atoms with E-state index in [1.807, 2.05) is 38.3 Å². The van der Waals surface area contributed by atoms with E-state index in [0.29, 0.717) is 22.7 Å². The molecule has 3 heterocycles.